The highest BCUT2D eigenvalue weighted by Gasteiger charge is 2.26. The van der Waals surface area contributed by atoms with Crippen LogP contribution in [0.25, 0.3) is 0 Å². The predicted molar refractivity (Wildman–Crippen MR) is 91.4 cm³/mol. The van der Waals surface area contributed by atoms with Gasteiger partial charge in [-0.2, -0.15) is 9.37 Å². The van der Waals surface area contributed by atoms with Gasteiger partial charge in [0, 0.05) is 19.1 Å². The van der Waals surface area contributed by atoms with Gasteiger partial charge < -0.3 is 15.0 Å². The summed E-state index contributed by atoms with van der Waals surface area (Å²) in [6.45, 7) is 7.18. The van der Waals surface area contributed by atoms with Gasteiger partial charge in [-0.25, -0.2) is 4.79 Å². The minimum atomic E-state index is -0.489. The van der Waals surface area contributed by atoms with Crippen LogP contribution in [0, 0.1) is 0 Å². The van der Waals surface area contributed by atoms with Crippen molar-refractivity contribution in [1.82, 2.24) is 9.69 Å². The number of nitrogens with zero attached hydrogens (tertiary/aromatic N) is 3. The maximum absolute atomic E-state index is 11.9. The van der Waals surface area contributed by atoms with Gasteiger partial charge in [0.2, 0.25) is 0 Å². The van der Waals surface area contributed by atoms with Gasteiger partial charge in [0.1, 0.15) is 16.3 Å². The SMILES string of the molecule is CC(C)(C)OC(=O)N[C@H]1CCCN(c2sncc2N=C=S)C1. The van der Waals surface area contributed by atoms with Crippen molar-refractivity contribution < 1.29 is 9.53 Å². The molecular formula is C14H20N4O2S2. The molecule has 2 heterocycles. The third-order valence-electron chi connectivity index (χ3n) is 3.13. The molecule has 1 atom stereocenters. The summed E-state index contributed by atoms with van der Waals surface area (Å²) in [4.78, 5) is 18.1. The van der Waals surface area contributed by atoms with Crippen LogP contribution in [0.4, 0.5) is 15.5 Å². The van der Waals surface area contributed by atoms with Gasteiger partial charge in [-0.1, -0.05) is 0 Å². The Labute approximate surface area is 139 Å². The van der Waals surface area contributed by atoms with Crippen LogP contribution >= 0.6 is 23.8 Å². The Morgan fingerprint density at radius 2 is 2.41 bits per heavy atom. The van der Waals surface area contributed by atoms with Crippen LogP contribution in [0.3, 0.4) is 0 Å². The van der Waals surface area contributed by atoms with E-state index in [9.17, 15) is 4.79 Å². The van der Waals surface area contributed by atoms with E-state index in [1.165, 1.54) is 11.5 Å². The number of carbonyl (C=O) groups excluding carboxylic acids is 1. The molecule has 1 aliphatic rings. The van der Waals surface area contributed by atoms with Gasteiger partial charge in [-0.15, -0.1) is 0 Å². The van der Waals surface area contributed by atoms with Crippen LogP contribution in [0.5, 0.6) is 0 Å². The molecular weight excluding hydrogens is 320 g/mol. The topological polar surface area (TPSA) is 66.8 Å². The minimum Gasteiger partial charge on any atom is -0.444 e. The first-order valence-corrected chi connectivity index (χ1v) is 8.34. The number of carbonyl (C=O) groups is 1. The van der Waals surface area contributed by atoms with E-state index in [0.717, 1.165) is 30.1 Å². The molecule has 0 aromatic carbocycles. The molecule has 1 aromatic heterocycles. The van der Waals surface area contributed by atoms with E-state index >= 15 is 0 Å². The Hall–Kier alpha value is -1.50. The molecule has 1 aromatic rings. The first kappa shape index (κ1) is 16.9. The zero-order valence-electron chi connectivity index (χ0n) is 13.0. The number of alkyl carbamates (subject to hydrolysis) is 1. The van der Waals surface area contributed by atoms with Crippen molar-refractivity contribution in [3.63, 3.8) is 0 Å². The molecule has 0 aliphatic carbocycles. The molecule has 1 fully saturated rings. The van der Waals surface area contributed by atoms with Crippen LogP contribution in [0.1, 0.15) is 33.6 Å². The number of hydrogen-bond donors (Lipinski definition) is 1. The summed E-state index contributed by atoms with van der Waals surface area (Å²) in [6, 6.07) is 0.0509. The molecule has 22 heavy (non-hydrogen) atoms. The smallest absolute Gasteiger partial charge is 0.407 e. The standard InChI is InChI=1S/C14H20N4O2S2/c1-14(2,3)20-13(19)17-10-5-4-6-18(8-10)12-11(15-9-21)7-16-22-12/h7,10H,4-6,8H2,1-3H3,(H,17,19)/t10-/m0/s1. The molecule has 6 nitrogen and oxygen atoms in total. The lowest BCUT2D eigenvalue weighted by Gasteiger charge is -2.34. The second-order valence-electron chi connectivity index (χ2n) is 6.15. The third-order valence-corrected chi connectivity index (χ3v) is 4.07. The fourth-order valence-corrected chi connectivity index (χ4v) is 3.15. The monoisotopic (exact) mass is 340 g/mol. The fraction of sp³-hybridized carbons (Fsp3) is 0.643. The van der Waals surface area contributed by atoms with Crippen LogP contribution in [0.15, 0.2) is 11.2 Å². The highest BCUT2D eigenvalue weighted by molar-refractivity contribution is 7.78. The Bertz CT molecular complexity index is 576. The number of thiocarbonyl (C=S) groups is 1. The average Bonchev–Trinajstić information content (AvgIpc) is 2.85. The minimum absolute atomic E-state index is 0.0509. The summed E-state index contributed by atoms with van der Waals surface area (Å²) in [7, 11) is 0. The summed E-state index contributed by atoms with van der Waals surface area (Å²) < 4.78 is 9.47. The summed E-state index contributed by atoms with van der Waals surface area (Å²) in [5.74, 6) is 0. The Morgan fingerprint density at radius 1 is 1.64 bits per heavy atom. The number of hydrogen-bond acceptors (Lipinski definition) is 7. The van der Waals surface area contributed by atoms with E-state index in [2.05, 4.69) is 37.0 Å². The van der Waals surface area contributed by atoms with Crippen molar-refractivity contribution in [1.29, 1.82) is 0 Å². The Balaban J connectivity index is 1.98. The quantitative estimate of drug-likeness (QED) is 0.675. The highest BCUT2D eigenvalue weighted by atomic mass is 32.1. The van der Waals surface area contributed by atoms with Crippen LogP contribution in [0.2, 0.25) is 0 Å². The number of anilines is 1. The first-order chi connectivity index (χ1) is 10.4. The Kier molecular flexibility index (Phi) is 5.50. The summed E-state index contributed by atoms with van der Waals surface area (Å²) in [5, 5.41) is 6.28. The molecule has 0 radical (unpaired) electrons. The zero-order chi connectivity index (χ0) is 16.2. The van der Waals surface area contributed by atoms with Crippen LogP contribution in [-0.2, 0) is 4.74 Å². The van der Waals surface area contributed by atoms with E-state index < -0.39 is 5.60 Å². The zero-order valence-corrected chi connectivity index (χ0v) is 14.6. The fourth-order valence-electron chi connectivity index (χ4n) is 2.33. The number of ether oxygens (including phenoxy) is 1. The van der Waals surface area contributed by atoms with E-state index in [0.29, 0.717) is 6.54 Å². The predicted octanol–water partition coefficient (Wildman–Crippen LogP) is 3.37. The molecule has 1 saturated heterocycles. The normalized spacial score (nSPS) is 18.5. The van der Waals surface area contributed by atoms with Gasteiger partial charge in [-0.05, 0) is 57.4 Å². The molecule has 0 saturated carbocycles. The van der Waals surface area contributed by atoms with Gasteiger partial charge in [0.25, 0.3) is 0 Å². The number of aromatic nitrogens is 1. The van der Waals surface area contributed by atoms with Gasteiger partial charge in [0.15, 0.2) is 0 Å². The molecule has 0 spiro atoms. The van der Waals surface area contributed by atoms with Crippen molar-refractivity contribution in [2.24, 2.45) is 4.99 Å². The molecule has 1 N–H and O–H groups in total. The first-order valence-electron chi connectivity index (χ1n) is 7.16. The molecule has 8 heteroatoms. The number of amides is 1. The molecule has 0 bridgehead atoms. The van der Waals surface area contributed by atoms with Gasteiger partial charge >= 0.3 is 6.09 Å². The summed E-state index contributed by atoms with van der Waals surface area (Å²) in [6.07, 6.45) is 3.23. The summed E-state index contributed by atoms with van der Waals surface area (Å²) in [5.41, 5.74) is 0.245. The largest absolute Gasteiger partial charge is 0.444 e. The molecule has 1 aliphatic heterocycles. The van der Waals surface area contributed by atoms with Crippen molar-refractivity contribution in [3.05, 3.63) is 6.20 Å². The molecule has 2 rings (SSSR count). The van der Waals surface area contributed by atoms with E-state index in [4.69, 9.17) is 4.74 Å². The number of piperidine rings is 1. The lowest BCUT2D eigenvalue weighted by atomic mass is 10.1. The van der Waals surface area contributed by atoms with E-state index in [1.54, 1.807) is 6.20 Å². The van der Waals surface area contributed by atoms with Crippen molar-refractivity contribution in [3.8, 4) is 0 Å². The second-order valence-corrected chi connectivity index (χ2v) is 7.11. The third kappa shape index (κ3) is 4.76. The molecule has 0 unspecified atom stereocenters. The van der Waals surface area contributed by atoms with Crippen molar-refractivity contribution in [2.45, 2.75) is 45.3 Å². The van der Waals surface area contributed by atoms with Crippen molar-refractivity contribution in [2.75, 3.05) is 18.0 Å². The molecule has 1 amide bonds. The lowest BCUT2D eigenvalue weighted by Crippen LogP contribution is -2.48. The van der Waals surface area contributed by atoms with E-state index in [-0.39, 0.29) is 12.1 Å². The van der Waals surface area contributed by atoms with Crippen LogP contribution in [-0.4, -0.2) is 40.4 Å². The highest BCUT2D eigenvalue weighted by Crippen LogP contribution is 2.34. The van der Waals surface area contributed by atoms with Crippen molar-refractivity contribution >= 4 is 45.7 Å². The number of nitrogens with one attached hydrogen (secondary N) is 1. The summed E-state index contributed by atoms with van der Waals surface area (Å²) >= 11 is 6.04. The van der Waals surface area contributed by atoms with Gasteiger partial charge in [0.05, 0.1) is 11.4 Å². The second kappa shape index (κ2) is 7.17. The van der Waals surface area contributed by atoms with Gasteiger partial charge in [-0.3, -0.25) is 0 Å². The number of aliphatic imine (C=N–C) groups is 1. The number of isothiocyanates is 1. The maximum atomic E-state index is 11.9. The lowest BCUT2D eigenvalue weighted by molar-refractivity contribution is 0.0500. The molecule has 120 valence electrons. The average molecular weight is 340 g/mol. The van der Waals surface area contributed by atoms with Crippen LogP contribution < -0.4 is 10.2 Å². The Morgan fingerprint density at radius 3 is 3.09 bits per heavy atom. The maximum Gasteiger partial charge on any atom is 0.407 e. The number of rotatable bonds is 3. The van der Waals surface area contributed by atoms with E-state index in [1.807, 2.05) is 20.8 Å².